The van der Waals surface area contributed by atoms with E-state index in [0.717, 1.165) is 0 Å². The first-order valence-electron chi connectivity index (χ1n) is 2.54. The van der Waals surface area contributed by atoms with Gasteiger partial charge in [0.25, 0.3) is 0 Å². The van der Waals surface area contributed by atoms with Gasteiger partial charge in [-0.2, -0.15) is 0 Å². The summed E-state index contributed by atoms with van der Waals surface area (Å²) in [4.78, 5) is 3.67. The van der Waals surface area contributed by atoms with Crippen LogP contribution in [0.1, 0.15) is 6.92 Å². The van der Waals surface area contributed by atoms with E-state index in [9.17, 15) is 0 Å². The Hall–Kier alpha value is -1.25. The van der Waals surface area contributed by atoms with E-state index >= 15 is 0 Å². The Morgan fingerprint density at radius 2 is 2.11 bits per heavy atom. The average Bonchev–Trinajstić information content (AvgIpc) is 1.82. The Labute approximate surface area is 54.8 Å². The predicted octanol–water partition coefficient (Wildman–Crippen LogP) is 0.350. The molecule has 0 aliphatic carbocycles. The topological polar surface area (TPSA) is 64.4 Å². The molecule has 0 aliphatic rings. The van der Waals surface area contributed by atoms with E-state index in [0.29, 0.717) is 11.4 Å². The fourth-order valence-corrected chi connectivity index (χ4v) is 0.235. The summed E-state index contributed by atoms with van der Waals surface area (Å²) < 4.78 is 0. The van der Waals surface area contributed by atoms with Gasteiger partial charge in [-0.1, -0.05) is 6.58 Å². The van der Waals surface area contributed by atoms with Crippen molar-refractivity contribution in [1.29, 1.82) is 0 Å². The van der Waals surface area contributed by atoms with Crippen LogP contribution in [0.25, 0.3) is 0 Å². The molecule has 3 nitrogen and oxygen atoms in total. The molecule has 0 heterocycles. The van der Waals surface area contributed by atoms with Gasteiger partial charge in [0.2, 0.25) is 0 Å². The molecule has 0 unspecified atom stereocenters. The van der Waals surface area contributed by atoms with E-state index < -0.39 is 0 Å². The Morgan fingerprint density at radius 1 is 1.56 bits per heavy atom. The Morgan fingerprint density at radius 3 is 2.44 bits per heavy atom. The molecule has 0 rings (SSSR count). The van der Waals surface area contributed by atoms with Crippen molar-refractivity contribution >= 4 is 6.21 Å². The van der Waals surface area contributed by atoms with Crippen molar-refractivity contribution in [2.24, 2.45) is 16.5 Å². The summed E-state index contributed by atoms with van der Waals surface area (Å²) in [5.41, 5.74) is 11.7. The van der Waals surface area contributed by atoms with Gasteiger partial charge in [-0.05, 0) is 6.92 Å². The minimum Gasteiger partial charge on any atom is -0.401 e. The van der Waals surface area contributed by atoms with Crippen LogP contribution in [0.3, 0.4) is 0 Å². The lowest BCUT2D eigenvalue weighted by atomic mass is 10.4. The first-order valence-corrected chi connectivity index (χ1v) is 2.54. The van der Waals surface area contributed by atoms with Gasteiger partial charge in [0.05, 0.1) is 11.9 Å². The van der Waals surface area contributed by atoms with E-state index in [-0.39, 0.29) is 0 Å². The van der Waals surface area contributed by atoms with Crippen molar-refractivity contribution in [1.82, 2.24) is 0 Å². The highest BCUT2D eigenvalue weighted by Crippen LogP contribution is 1.83. The molecule has 0 aliphatic heterocycles. The lowest BCUT2D eigenvalue weighted by Crippen LogP contribution is -2.07. The van der Waals surface area contributed by atoms with Crippen LogP contribution in [0.5, 0.6) is 0 Å². The van der Waals surface area contributed by atoms with E-state index in [4.69, 9.17) is 11.5 Å². The van der Waals surface area contributed by atoms with Gasteiger partial charge in [-0.25, -0.2) is 0 Å². The van der Waals surface area contributed by atoms with Crippen LogP contribution in [-0.4, -0.2) is 6.21 Å². The molecular weight excluding hydrogens is 114 g/mol. The van der Waals surface area contributed by atoms with Crippen LogP contribution >= 0.6 is 0 Å². The molecule has 0 saturated heterocycles. The number of nitrogens with zero attached hydrogens (tertiary/aromatic N) is 1. The maximum absolute atomic E-state index is 5.36. The van der Waals surface area contributed by atoms with E-state index in [1.54, 1.807) is 6.92 Å². The zero-order valence-electron chi connectivity index (χ0n) is 5.46. The Bertz CT molecular complexity index is 152. The third kappa shape index (κ3) is 3.34. The standard InChI is InChI=1S/C6H11N3/c1-3-9-4-6(8)5(2)7/h3-4H,1,7-8H2,2H3/b6-5+,9-4-. The minimum atomic E-state index is 0.481. The summed E-state index contributed by atoms with van der Waals surface area (Å²) in [7, 11) is 0. The molecule has 0 atom stereocenters. The molecule has 50 valence electrons. The van der Waals surface area contributed by atoms with Crippen molar-refractivity contribution in [2.75, 3.05) is 0 Å². The first-order chi connectivity index (χ1) is 4.18. The van der Waals surface area contributed by atoms with Gasteiger partial charge in [-0.3, -0.25) is 4.99 Å². The fourth-order valence-electron chi connectivity index (χ4n) is 0.235. The SMILES string of the molecule is C=C/N=C\C(N)=C(\C)N. The van der Waals surface area contributed by atoms with Crippen molar-refractivity contribution in [3.05, 3.63) is 24.2 Å². The lowest BCUT2D eigenvalue weighted by molar-refractivity contribution is 1.24. The summed E-state index contributed by atoms with van der Waals surface area (Å²) in [6.07, 6.45) is 2.86. The van der Waals surface area contributed by atoms with E-state index in [1.165, 1.54) is 12.4 Å². The zero-order valence-corrected chi connectivity index (χ0v) is 5.46. The van der Waals surface area contributed by atoms with E-state index in [2.05, 4.69) is 11.6 Å². The maximum atomic E-state index is 5.36. The quantitative estimate of drug-likeness (QED) is 0.523. The molecule has 0 saturated carbocycles. The average molecular weight is 125 g/mol. The Balaban J connectivity index is 4.06. The second kappa shape index (κ2) is 3.72. The normalized spacial score (nSPS) is 13.4. The molecule has 4 N–H and O–H groups in total. The molecule has 0 fully saturated rings. The van der Waals surface area contributed by atoms with Crippen molar-refractivity contribution < 1.29 is 0 Å². The predicted molar refractivity (Wildman–Crippen MR) is 39.8 cm³/mol. The number of aliphatic imine (C=N–C) groups is 1. The molecule has 9 heavy (non-hydrogen) atoms. The lowest BCUT2D eigenvalue weighted by Gasteiger charge is -1.92. The van der Waals surface area contributed by atoms with Crippen LogP contribution in [0.4, 0.5) is 0 Å². The second-order valence-corrected chi connectivity index (χ2v) is 1.60. The van der Waals surface area contributed by atoms with Gasteiger partial charge in [0.1, 0.15) is 0 Å². The second-order valence-electron chi connectivity index (χ2n) is 1.60. The Kier molecular flexibility index (Phi) is 3.20. The summed E-state index contributed by atoms with van der Waals surface area (Å²) in [6.45, 7) is 5.09. The smallest absolute Gasteiger partial charge is 0.0687 e. The monoisotopic (exact) mass is 125 g/mol. The van der Waals surface area contributed by atoms with Gasteiger partial charge in [0.15, 0.2) is 0 Å². The number of nitrogens with two attached hydrogens (primary N) is 2. The third-order valence-corrected chi connectivity index (χ3v) is 0.774. The molecule has 0 aromatic heterocycles. The summed E-state index contributed by atoms with van der Waals surface area (Å²) in [5, 5.41) is 0. The molecule has 0 radical (unpaired) electrons. The fraction of sp³-hybridized carbons (Fsp3) is 0.167. The first kappa shape index (κ1) is 7.75. The number of hydrogen-bond acceptors (Lipinski definition) is 3. The highest BCUT2D eigenvalue weighted by molar-refractivity contribution is 5.78. The molecular formula is C6H11N3. The maximum Gasteiger partial charge on any atom is 0.0687 e. The van der Waals surface area contributed by atoms with Gasteiger partial charge >= 0.3 is 0 Å². The molecule has 0 aromatic carbocycles. The zero-order chi connectivity index (χ0) is 7.28. The van der Waals surface area contributed by atoms with Crippen LogP contribution < -0.4 is 11.5 Å². The number of allylic oxidation sites excluding steroid dienone is 2. The third-order valence-electron chi connectivity index (χ3n) is 0.774. The molecule has 3 heteroatoms. The number of hydrogen-bond donors (Lipinski definition) is 2. The van der Waals surface area contributed by atoms with Gasteiger partial charge < -0.3 is 11.5 Å². The van der Waals surface area contributed by atoms with Crippen LogP contribution in [-0.2, 0) is 0 Å². The highest BCUT2D eigenvalue weighted by atomic mass is 14.7. The molecule has 0 amide bonds. The largest absolute Gasteiger partial charge is 0.401 e. The van der Waals surface area contributed by atoms with Crippen LogP contribution in [0.15, 0.2) is 29.2 Å². The minimum absolute atomic E-state index is 0.481. The molecule has 0 spiro atoms. The molecule has 0 bridgehead atoms. The van der Waals surface area contributed by atoms with Gasteiger partial charge in [0, 0.05) is 11.9 Å². The van der Waals surface area contributed by atoms with Gasteiger partial charge in [-0.15, -0.1) is 0 Å². The summed E-state index contributed by atoms with van der Waals surface area (Å²) >= 11 is 0. The molecule has 0 aromatic rings. The van der Waals surface area contributed by atoms with Crippen molar-refractivity contribution in [2.45, 2.75) is 6.92 Å². The van der Waals surface area contributed by atoms with E-state index in [1.807, 2.05) is 0 Å². The highest BCUT2D eigenvalue weighted by Gasteiger charge is 1.83. The summed E-state index contributed by atoms with van der Waals surface area (Å²) in [5.74, 6) is 0. The van der Waals surface area contributed by atoms with Crippen LogP contribution in [0.2, 0.25) is 0 Å². The van der Waals surface area contributed by atoms with Crippen molar-refractivity contribution in [3.8, 4) is 0 Å². The van der Waals surface area contributed by atoms with Crippen LogP contribution in [0, 0.1) is 0 Å². The summed E-state index contributed by atoms with van der Waals surface area (Å²) in [6, 6.07) is 0. The number of rotatable bonds is 2. The van der Waals surface area contributed by atoms with Crippen molar-refractivity contribution in [3.63, 3.8) is 0 Å².